The molecule has 3 nitrogen and oxygen atoms in total. The third kappa shape index (κ3) is 2.94. The molecule has 3 aliphatic rings. The summed E-state index contributed by atoms with van der Waals surface area (Å²) in [5.74, 6) is -1.23. The predicted octanol–water partition coefficient (Wildman–Crippen LogP) is 3.20. The van der Waals surface area contributed by atoms with Crippen LogP contribution in [0.4, 0.5) is 8.78 Å². The van der Waals surface area contributed by atoms with E-state index < -0.39 is 11.6 Å². The first kappa shape index (κ1) is 16.0. The molecule has 0 aromatic heterocycles. The van der Waals surface area contributed by atoms with Gasteiger partial charge in [0.2, 0.25) is 5.91 Å². The molecule has 3 fully saturated rings. The highest BCUT2D eigenvalue weighted by atomic mass is 19.1. The number of nitrogens with one attached hydrogen (secondary N) is 1. The minimum absolute atomic E-state index is 0.0105. The molecule has 0 radical (unpaired) electrons. The molecule has 0 spiro atoms. The Hall–Kier alpha value is -1.49. The Labute approximate surface area is 141 Å². The second-order valence-electron chi connectivity index (χ2n) is 7.70. The molecule has 2 saturated heterocycles. The average Bonchev–Trinajstić information content (AvgIpc) is 3.31. The molecule has 4 rings (SSSR count). The Morgan fingerprint density at radius 1 is 1.17 bits per heavy atom. The molecule has 1 amide bonds. The van der Waals surface area contributed by atoms with Crippen LogP contribution in [-0.4, -0.2) is 36.0 Å². The summed E-state index contributed by atoms with van der Waals surface area (Å²) < 4.78 is 27.2. The molecule has 1 aromatic carbocycles. The van der Waals surface area contributed by atoms with E-state index in [1.54, 1.807) is 0 Å². The van der Waals surface area contributed by atoms with Crippen molar-refractivity contribution in [1.82, 2.24) is 10.2 Å². The lowest BCUT2D eigenvalue weighted by Gasteiger charge is -2.47. The third-order valence-electron chi connectivity index (χ3n) is 6.17. The van der Waals surface area contributed by atoms with Gasteiger partial charge in [0.25, 0.3) is 0 Å². The molecular weight excluding hydrogens is 310 g/mol. The largest absolute Gasteiger partial charge is 0.353 e. The fourth-order valence-electron chi connectivity index (χ4n) is 4.67. The Kier molecular flexibility index (Phi) is 4.07. The molecule has 1 aliphatic carbocycles. The van der Waals surface area contributed by atoms with Crippen molar-refractivity contribution in [2.45, 2.75) is 62.6 Å². The van der Waals surface area contributed by atoms with Gasteiger partial charge < -0.3 is 10.2 Å². The van der Waals surface area contributed by atoms with E-state index in [0.29, 0.717) is 24.1 Å². The number of amides is 1. The molecule has 130 valence electrons. The number of hydrogen-bond donors (Lipinski definition) is 1. The van der Waals surface area contributed by atoms with Crippen LogP contribution in [0.3, 0.4) is 0 Å². The van der Waals surface area contributed by atoms with Crippen LogP contribution in [0.2, 0.25) is 0 Å². The number of fused-ring (bicyclic) bond motifs is 2. The summed E-state index contributed by atoms with van der Waals surface area (Å²) in [6.45, 7) is 0. The zero-order valence-electron chi connectivity index (χ0n) is 14.0. The van der Waals surface area contributed by atoms with Crippen molar-refractivity contribution in [3.8, 4) is 0 Å². The van der Waals surface area contributed by atoms with Gasteiger partial charge in [-0.15, -0.1) is 0 Å². The van der Waals surface area contributed by atoms with Crippen molar-refractivity contribution < 1.29 is 13.6 Å². The van der Waals surface area contributed by atoms with Crippen LogP contribution in [-0.2, 0) is 4.79 Å². The van der Waals surface area contributed by atoms with Gasteiger partial charge in [-0.2, -0.15) is 0 Å². The summed E-state index contributed by atoms with van der Waals surface area (Å²) >= 11 is 0. The van der Waals surface area contributed by atoms with E-state index in [4.69, 9.17) is 0 Å². The number of halogens is 2. The minimum Gasteiger partial charge on any atom is -0.353 e. The maximum absolute atomic E-state index is 13.9. The van der Waals surface area contributed by atoms with Gasteiger partial charge in [0.15, 0.2) is 0 Å². The summed E-state index contributed by atoms with van der Waals surface area (Å²) in [6, 6.07) is 4.86. The Balaban J connectivity index is 1.37. The van der Waals surface area contributed by atoms with Crippen LogP contribution in [0, 0.1) is 17.6 Å². The number of benzene rings is 1. The molecule has 2 aliphatic heterocycles. The SMILES string of the molecule is CN1[C@H]2CCC[C@H]1CC(NC(=O)[C@@H]1C[C@H]1c1cc(F)ccc1F)C2. The molecule has 1 saturated carbocycles. The number of nitrogens with zero attached hydrogens (tertiary/aromatic N) is 1. The first-order valence-electron chi connectivity index (χ1n) is 9.00. The number of hydrogen-bond acceptors (Lipinski definition) is 2. The standard InChI is InChI=1S/C19H24F2N2O/c1-23-13-3-2-4-14(23)9-12(8-13)22-19(24)17-10-15(17)16-7-11(20)5-6-18(16)21/h5-7,12-15,17H,2-4,8-10H2,1H3,(H,22,24)/t13-,14-,15-,17+/m0/s1. The maximum Gasteiger partial charge on any atom is 0.223 e. The van der Waals surface area contributed by atoms with Crippen molar-refractivity contribution >= 4 is 5.91 Å². The molecular formula is C19H24F2N2O. The highest BCUT2D eigenvalue weighted by Gasteiger charge is 2.46. The smallest absolute Gasteiger partial charge is 0.223 e. The van der Waals surface area contributed by atoms with Crippen molar-refractivity contribution in [3.05, 3.63) is 35.4 Å². The highest BCUT2D eigenvalue weighted by molar-refractivity contribution is 5.83. The molecule has 24 heavy (non-hydrogen) atoms. The Bertz CT molecular complexity index is 636. The lowest BCUT2D eigenvalue weighted by Crippen LogP contribution is -2.55. The molecule has 5 heteroatoms. The quantitative estimate of drug-likeness (QED) is 0.921. The summed E-state index contributed by atoms with van der Waals surface area (Å²) in [4.78, 5) is 15.0. The maximum atomic E-state index is 13.9. The molecule has 2 bridgehead atoms. The predicted molar refractivity (Wildman–Crippen MR) is 87.6 cm³/mol. The Morgan fingerprint density at radius 2 is 1.88 bits per heavy atom. The van der Waals surface area contributed by atoms with E-state index >= 15 is 0 Å². The molecule has 1 N–H and O–H groups in total. The van der Waals surface area contributed by atoms with Gasteiger partial charge in [-0.1, -0.05) is 6.42 Å². The van der Waals surface area contributed by atoms with Gasteiger partial charge in [-0.3, -0.25) is 4.79 Å². The van der Waals surface area contributed by atoms with E-state index in [1.165, 1.54) is 25.3 Å². The molecule has 1 aromatic rings. The van der Waals surface area contributed by atoms with Gasteiger partial charge in [0.1, 0.15) is 11.6 Å². The van der Waals surface area contributed by atoms with Crippen molar-refractivity contribution in [2.75, 3.05) is 7.05 Å². The summed E-state index contributed by atoms with van der Waals surface area (Å²) in [5, 5.41) is 3.18. The van der Waals surface area contributed by atoms with E-state index in [1.807, 2.05) is 0 Å². The van der Waals surface area contributed by atoms with Crippen LogP contribution in [0.15, 0.2) is 18.2 Å². The van der Waals surface area contributed by atoms with Crippen LogP contribution >= 0.6 is 0 Å². The lowest BCUT2D eigenvalue weighted by atomic mass is 9.82. The monoisotopic (exact) mass is 334 g/mol. The van der Waals surface area contributed by atoms with Gasteiger partial charge >= 0.3 is 0 Å². The van der Waals surface area contributed by atoms with Crippen LogP contribution in [0.25, 0.3) is 0 Å². The number of rotatable bonds is 3. The van der Waals surface area contributed by atoms with Crippen molar-refractivity contribution in [1.29, 1.82) is 0 Å². The topological polar surface area (TPSA) is 32.3 Å². The fourth-order valence-corrected chi connectivity index (χ4v) is 4.67. The minimum atomic E-state index is -0.444. The number of carbonyl (C=O) groups is 1. The normalized spacial score (nSPS) is 35.5. The van der Waals surface area contributed by atoms with Gasteiger partial charge in [-0.25, -0.2) is 8.78 Å². The second kappa shape index (κ2) is 6.10. The third-order valence-corrected chi connectivity index (χ3v) is 6.17. The molecule has 2 heterocycles. The van der Waals surface area contributed by atoms with E-state index in [2.05, 4.69) is 17.3 Å². The Morgan fingerprint density at radius 3 is 2.58 bits per heavy atom. The fraction of sp³-hybridized carbons (Fsp3) is 0.632. The van der Waals surface area contributed by atoms with E-state index in [9.17, 15) is 13.6 Å². The second-order valence-corrected chi connectivity index (χ2v) is 7.70. The zero-order valence-corrected chi connectivity index (χ0v) is 14.0. The first-order chi connectivity index (χ1) is 11.5. The van der Waals surface area contributed by atoms with Crippen LogP contribution < -0.4 is 5.32 Å². The summed E-state index contributed by atoms with van der Waals surface area (Å²) in [7, 11) is 2.19. The molecule has 4 atom stereocenters. The van der Waals surface area contributed by atoms with Gasteiger partial charge in [-0.05, 0) is 68.8 Å². The van der Waals surface area contributed by atoms with Crippen molar-refractivity contribution in [2.24, 2.45) is 5.92 Å². The zero-order chi connectivity index (χ0) is 16.8. The highest BCUT2D eigenvalue weighted by Crippen LogP contribution is 2.48. The first-order valence-corrected chi connectivity index (χ1v) is 9.00. The number of carbonyl (C=O) groups excluding carboxylic acids is 1. The van der Waals surface area contributed by atoms with E-state index in [0.717, 1.165) is 25.0 Å². The van der Waals surface area contributed by atoms with Crippen LogP contribution in [0.1, 0.15) is 50.0 Å². The van der Waals surface area contributed by atoms with E-state index in [-0.39, 0.29) is 23.8 Å². The van der Waals surface area contributed by atoms with Crippen molar-refractivity contribution in [3.63, 3.8) is 0 Å². The summed E-state index contributed by atoms with van der Waals surface area (Å²) in [6.07, 6.45) is 6.32. The number of piperidine rings is 2. The summed E-state index contributed by atoms with van der Waals surface area (Å²) in [5.41, 5.74) is 0.343. The van der Waals surface area contributed by atoms with Gasteiger partial charge in [0.05, 0.1) is 0 Å². The lowest BCUT2D eigenvalue weighted by molar-refractivity contribution is -0.123. The van der Waals surface area contributed by atoms with Crippen LogP contribution in [0.5, 0.6) is 0 Å². The van der Waals surface area contributed by atoms with Gasteiger partial charge in [0, 0.05) is 24.0 Å². The molecule has 0 unspecified atom stereocenters. The average molecular weight is 334 g/mol.